The summed E-state index contributed by atoms with van der Waals surface area (Å²) in [4.78, 5) is 0. The number of hydrogen-bond acceptors (Lipinski definition) is 1. The lowest BCUT2D eigenvalue weighted by molar-refractivity contribution is 1.61. The first-order chi connectivity index (χ1) is 5.74. The fraction of sp³-hybridized carbons (Fsp3) is 0.0909. The highest BCUT2D eigenvalue weighted by molar-refractivity contribution is 5.72. The first kappa shape index (κ1) is 8.60. The molecule has 0 unspecified atom stereocenters. The molecule has 1 nitrogen and oxygen atoms in total. The quantitative estimate of drug-likeness (QED) is 0.521. The van der Waals surface area contributed by atoms with Crippen molar-refractivity contribution in [1.82, 2.24) is 0 Å². The van der Waals surface area contributed by atoms with Crippen LogP contribution in [0.5, 0.6) is 0 Å². The van der Waals surface area contributed by atoms with Gasteiger partial charge in [0.2, 0.25) is 0 Å². The van der Waals surface area contributed by atoms with Crippen LogP contribution >= 0.6 is 0 Å². The van der Waals surface area contributed by atoms with E-state index < -0.39 is 0 Å². The number of benzene rings is 1. The molecule has 0 saturated heterocycles. The summed E-state index contributed by atoms with van der Waals surface area (Å²) < 4.78 is 0. The monoisotopic (exact) mass is 159 g/mol. The zero-order valence-electron chi connectivity index (χ0n) is 7.25. The van der Waals surface area contributed by atoms with Gasteiger partial charge in [0.25, 0.3) is 0 Å². The van der Waals surface area contributed by atoms with Gasteiger partial charge in [-0.15, -0.1) is 0 Å². The second-order valence-corrected chi connectivity index (χ2v) is 2.65. The van der Waals surface area contributed by atoms with Crippen LogP contribution in [0.4, 0.5) is 5.69 Å². The summed E-state index contributed by atoms with van der Waals surface area (Å²) in [5.41, 5.74) is 8.46. The van der Waals surface area contributed by atoms with Gasteiger partial charge in [0.05, 0.1) is 0 Å². The van der Waals surface area contributed by atoms with E-state index in [9.17, 15) is 0 Å². The van der Waals surface area contributed by atoms with Gasteiger partial charge in [-0.05, 0) is 30.2 Å². The van der Waals surface area contributed by atoms with Gasteiger partial charge in [-0.3, -0.25) is 0 Å². The van der Waals surface area contributed by atoms with Gasteiger partial charge in [0.15, 0.2) is 0 Å². The van der Waals surface area contributed by atoms with E-state index in [1.807, 2.05) is 43.3 Å². The minimum Gasteiger partial charge on any atom is -0.399 e. The van der Waals surface area contributed by atoms with Crippen molar-refractivity contribution in [3.63, 3.8) is 0 Å². The van der Waals surface area contributed by atoms with Gasteiger partial charge in [0, 0.05) is 5.69 Å². The molecule has 0 aliphatic heterocycles. The van der Waals surface area contributed by atoms with Crippen molar-refractivity contribution < 1.29 is 0 Å². The Hall–Kier alpha value is -1.50. The van der Waals surface area contributed by atoms with Crippen LogP contribution in [0.3, 0.4) is 0 Å². The molecule has 0 heterocycles. The summed E-state index contributed by atoms with van der Waals surface area (Å²) >= 11 is 0. The smallest absolute Gasteiger partial charge is 0.0314 e. The van der Waals surface area contributed by atoms with Gasteiger partial charge in [-0.1, -0.05) is 30.9 Å². The number of hydrogen-bond donors (Lipinski definition) is 1. The molecule has 62 valence electrons. The largest absolute Gasteiger partial charge is 0.399 e. The average Bonchev–Trinajstić information content (AvgIpc) is 2.06. The topological polar surface area (TPSA) is 26.0 Å². The number of nitrogens with two attached hydrogens (primary N) is 1. The van der Waals surface area contributed by atoms with E-state index in [4.69, 9.17) is 5.73 Å². The molecule has 0 aliphatic rings. The van der Waals surface area contributed by atoms with Crippen LogP contribution in [0.1, 0.15) is 12.5 Å². The summed E-state index contributed by atoms with van der Waals surface area (Å²) in [7, 11) is 0. The summed E-state index contributed by atoms with van der Waals surface area (Å²) in [6.45, 7) is 5.89. The fourth-order valence-corrected chi connectivity index (χ4v) is 0.995. The molecule has 1 rings (SSSR count). The second-order valence-electron chi connectivity index (χ2n) is 2.65. The van der Waals surface area contributed by atoms with E-state index in [1.54, 1.807) is 0 Å². The van der Waals surface area contributed by atoms with Gasteiger partial charge >= 0.3 is 0 Å². The molecule has 0 bridgehead atoms. The third-order valence-electron chi connectivity index (χ3n) is 1.65. The SMILES string of the molecule is C=C(/C=C\C)c1ccc(N)cc1. The molecule has 0 aromatic heterocycles. The molecule has 0 aliphatic carbocycles. The third kappa shape index (κ3) is 1.99. The normalized spacial score (nSPS) is 10.4. The van der Waals surface area contributed by atoms with E-state index in [-0.39, 0.29) is 0 Å². The molecule has 1 aromatic carbocycles. The Morgan fingerprint density at radius 3 is 2.42 bits per heavy atom. The molecule has 0 atom stereocenters. The van der Waals surface area contributed by atoms with Crippen LogP contribution in [-0.4, -0.2) is 0 Å². The van der Waals surface area contributed by atoms with Crippen molar-refractivity contribution in [3.05, 3.63) is 48.6 Å². The van der Waals surface area contributed by atoms with Crippen molar-refractivity contribution in [2.24, 2.45) is 0 Å². The standard InChI is InChI=1S/C11H13N/c1-3-4-9(2)10-5-7-11(12)8-6-10/h3-8H,2,12H2,1H3/b4-3-. The highest BCUT2D eigenvalue weighted by Crippen LogP contribution is 2.14. The molecule has 1 heteroatoms. The van der Waals surface area contributed by atoms with Gasteiger partial charge in [-0.25, -0.2) is 0 Å². The second kappa shape index (κ2) is 3.77. The molecule has 0 fully saturated rings. The summed E-state index contributed by atoms with van der Waals surface area (Å²) in [6, 6.07) is 7.70. The molecule has 2 N–H and O–H groups in total. The number of rotatable bonds is 2. The van der Waals surface area contributed by atoms with Gasteiger partial charge < -0.3 is 5.73 Å². The van der Waals surface area contributed by atoms with Crippen molar-refractivity contribution in [2.45, 2.75) is 6.92 Å². The average molecular weight is 159 g/mol. The first-order valence-corrected chi connectivity index (χ1v) is 3.91. The van der Waals surface area contributed by atoms with Gasteiger partial charge in [0.1, 0.15) is 0 Å². The zero-order chi connectivity index (χ0) is 8.97. The molecule has 12 heavy (non-hydrogen) atoms. The van der Waals surface area contributed by atoms with Crippen LogP contribution in [0.2, 0.25) is 0 Å². The van der Waals surface area contributed by atoms with Crippen LogP contribution in [0.25, 0.3) is 5.57 Å². The maximum Gasteiger partial charge on any atom is 0.0314 e. The molecule has 0 radical (unpaired) electrons. The van der Waals surface area contributed by atoms with E-state index in [2.05, 4.69) is 6.58 Å². The predicted molar refractivity (Wildman–Crippen MR) is 54.7 cm³/mol. The lowest BCUT2D eigenvalue weighted by Crippen LogP contribution is -1.84. The molecular weight excluding hydrogens is 146 g/mol. The predicted octanol–water partition coefficient (Wildman–Crippen LogP) is 2.86. The Kier molecular flexibility index (Phi) is 2.70. The van der Waals surface area contributed by atoms with Crippen LogP contribution in [-0.2, 0) is 0 Å². The van der Waals surface area contributed by atoms with E-state index in [0.29, 0.717) is 0 Å². The lowest BCUT2D eigenvalue weighted by Gasteiger charge is -1.99. The fourth-order valence-electron chi connectivity index (χ4n) is 0.995. The highest BCUT2D eigenvalue weighted by atomic mass is 14.5. The Morgan fingerprint density at radius 2 is 1.92 bits per heavy atom. The summed E-state index contributed by atoms with van der Waals surface area (Å²) in [6.07, 6.45) is 3.95. The van der Waals surface area contributed by atoms with Crippen LogP contribution < -0.4 is 5.73 Å². The minimum absolute atomic E-state index is 0.784. The number of anilines is 1. The molecule has 0 amide bonds. The lowest BCUT2D eigenvalue weighted by atomic mass is 10.1. The number of allylic oxidation sites excluding steroid dienone is 3. The van der Waals surface area contributed by atoms with E-state index in [1.165, 1.54) is 0 Å². The summed E-state index contributed by atoms with van der Waals surface area (Å²) in [5, 5.41) is 0. The summed E-state index contributed by atoms with van der Waals surface area (Å²) in [5.74, 6) is 0. The van der Waals surface area contributed by atoms with Crippen LogP contribution in [0.15, 0.2) is 43.0 Å². The van der Waals surface area contributed by atoms with E-state index >= 15 is 0 Å². The third-order valence-corrected chi connectivity index (χ3v) is 1.65. The van der Waals surface area contributed by atoms with Crippen molar-refractivity contribution in [2.75, 3.05) is 5.73 Å². The zero-order valence-corrected chi connectivity index (χ0v) is 7.25. The molecule has 0 spiro atoms. The Bertz CT molecular complexity index is 293. The van der Waals surface area contributed by atoms with Gasteiger partial charge in [-0.2, -0.15) is 0 Å². The molecule has 1 aromatic rings. The minimum atomic E-state index is 0.784. The first-order valence-electron chi connectivity index (χ1n) is 3.91. The molecular formula is C11H13N. The van der Waals surface area contributed by atoms with Crippen LogP contribution in [0, 0.1) is 0 Å². The van der Waals surface area contributed by atoms with Crippen molar-refractivity contribution in [1.29, 1.82) is 0 Å². The van der Waals surface area contributed by atoms with Crippen molar-refractivity contribution >= 4 is 11.3 Å². The maximum atomic E-state index is 5.55. The highest BCUT2D eigenvalue weighted by Gasteiger charge is 1.92. The Balaban J connectivity index is 2.90. The maximum absolute atomic E-state index is 5.55. The van der Waals surface area contributed by atoms with E-state index in [0.717, 1.165) is 16.8 Å². The molecule has 0 saturated carbocycles. The number of nitrogen functional groups attached to an aromatic ring is 1. The Labute approximate surface area is 73.2 Å². The van der Waals surface area contributed by atoms with Crippen molar-refractivity contribution in [3.8, 4) is 0 Å². The Morgan fingerprint density at radius 1 is 1.33 bits per heavy atom.